The maximum absolute atomic E-state index is 11.5. The van der Waals surface area contributed by atoms with Gasteiger partial charge in [0.15, 0.2) is 0 Å². The summed E-state index contributed by atoms with van der Waals surface area (Å²) in [6.45, 7) is 4.29. The molecule has 0 amide bonds. The van der Waals surface area contributed by atoms with Crippen LogP contribution in [0.5, 0.6) is 0 Å². The molecular weight excluding hydrogens is 359 g/mol. The summed E-state index contributed by atoms with van der Waals surface area (Å²) >= 11 is -3.00. The molecule has 20 heavy (non-hydrogen) atoms. The maximum atomic E-state index is 11.5. The van der Waals surface area contributed by atoms with E-state index in [-0.39, 0.29) is 5.97 Å². The van der Waals surface area contributed by atoms with Crippen LogP contribution in [0.1, 0.15) is 90.9 Å². The van der Waals surface area contributed by atoms with Gasteiger partial charge in [-0.1, -0.05) is 6.92 Å². The molecule has 0 heterocycles. The monoisotopic (exact) mass is 392 g/mol. The van der Waals surface area contributed by atoms with Crippen LogP contribution in [0.15, 0.2) is 0 Å². The molecule has 0 rings (SSSR count). The van der Waals surface area contributed by atoms with E-state index in [1.165, 1.54) is 44.9 Å². The van der Waals surface area contributed by atoms with E-state index in [1.54, 1.807) is 0 Å². The van der Waals surface area contributed by atoms with Crippen molar-refractivity contribution in [3.05, 3.63) is 0 Å². The van der Waals surface area contributed by atoms with Gasteiger partial charge in [-0.2, -0.15) is 0 Å². The van der Waals surface area contributed by atoms with Gasteiger partial charge in [0.25, 0.3) is 0 Å². The zero-order chi connectivity index (χ0) is 15.1. The summed E-state index contributed by atoms with van der Waals surface area (Å²) in [7, 11) is 0. The molecule has 0 aliphatic heterocycles. The van der Waals surface area contributed by atoms with Crippen LogP contribution in [-0.2, 0) is 10.9 Å². The second-order valence-electron chi connectivity index (χ2n) is 5.53. The molecule has 0 unspecified atom stereocenters. The number of carbonyl (C=O) groups excluding carboxylic acids is 1. The van der Waals surface area contributed by atoms with Gasteiger partial charge in [0.2, 0.25) is 0 Å². The van der Waals surface area contributed by atoms with Crippen molar-refractivity contribution in [2.45, 2.75) is 95.3 Å². The van der Waals surface area contributed by atoms with Crippen LogP contribution in [0, 0.1) is 0 Å². The summed E-state index contributed by atoms with van der Waals surface area (Å²) < 4.78 is 17.2. The number of hydrogen-bond acceptors (Lipinski definition) is 3. The standard InChI is InChI=1S/C12H24O2.C4H9.O.Sn/c1-2-3-4-5-6-7-8-9-10-11-12(13)14;1-3-4-2;;/h2-11H2,1H3,(H,13,14);1,3-4H2,2H3;;/q;;;+1/p-1. The number of carbonyl (C=O) groups is 1. The Labute approximate surface area is 132 Å². The van der Waals surface area contributed by atoms with Crippen molar-refractivity contribution in [2.24, 2.45) is 0 Å². The average Bonchev–Trinajstić information content (AvgIpc) is 2.43. The van der Waals surface area contributed by atoms with Gasteiger partial charge in [-0.3, -0.25) is 0 Å². The van der Waals surface area contributed by atoms with Crippen LogP contribution in [0.4, 0.5) is 0 Å². The van der Waals surface area contributed by atoms with Crippen LogP contribution in [0.25, 0.3) is 0 Å². The third-order valence-electron chi connectivity index (χ3n) is 3.45. The Kier molecular flexibility index (Phi) is 15.5. The normalized spacial score (nSPS) is 10.5. The Morgan fingerprint density at radius 1 is 0.800 bits per heavy atom. The Bertz CT molecular complexity index is 254. The Morgan fingerprint density at radius 2 is 1.30 bits per heavy atom. The molecule has 0 aromatic rings. The van der Waals surface area contributed by atoms with Gasteiger partial charge in [-0.05, 0) is 0 Å². The Hall–Kier alpha value is 0.0687. The fraction of sp³-hybridized carbons (Fsp3) is 0.938. The molecule has 118 valence electrons. The van der Waals surface area contributed by atoms with Gasteiger partial charge >= 0.3 is 125 Å². The summed E-state index contributed by atoms with van der Waals surface area (Å²) in [6.07, 6.45) is 13.5. The van der Waals surface area contributed by atoms with Gasteiger partial charge in [0.1, 0.15) is 0 Å². The fourth-order valence-electron chi connectivity index (χ4n) is 2.13. The van der Waals surface area contributed by atoms with Crippen LogP contribution in [0.2, 0.25) is 4.44 Å². The van der Waals surface area contributed by atoms with E-state index in [4.69, 9.17) is 3.07 Å². The Morgan fingerprint density at radius 3 is 1.85 bits per heavy atom. The molecule has 0 saturated heterocycles. The van der Waals surface area contributed by atoms with E-state index in [9.17, 15) is 7.87 Å². The summed E-state index contributed by atoms with van der Waals surface area (Å²) in [4.78, 5) is 11.5. The first-order chi connectivity index (χ1) is 9.70. The molecule has 0 radical (unpaired) electrons. The molecule has 0 aromatic heterocycles. The molecule has 4 heteroatoms. The predicted molar refractivity (Wildman–Crippen MR) is 84.1 cm³/mol. The van der Waals surface area contributed by atoms with Gasteiger partial charge < -0.3 is 0 Å². The van der Waals surface area contributed by atoms with Crippen molar-refractivity contribution in [1.82, 2.24) is 0 Å². The molecular formula is C16H32O3Sn. The second kappa shape index (κ2) is 15.5. The first-order valence-electron chi connectivity index (χ1n) is 8.44. The Balaban J connectivity index is 3.29. The van der Waals surface area contributed by atoms with Gasteiger partial charge in [-0.25, -0.2) is 0 Å². The minimum atomic E-state index is -3.00. The molecule has 0 fully saturated rings. The van der Waals surface area contributed by atoms with Crippen LogP contribution < -0.4 is 0 Å². The van der Waals surface area contributed by atoms with Crippen molar-refractivity contribution < 1.29 is 10.9 Å². The van der Waals surface area contributed by atoms with Crippen molar-refractivity contribution in [3.8, 4) is 0 Å². The number of rotatable bonds is 14. The molecule has 0 aliphatic carbocycles. The van der Waals surface area contributed by atoms with Gasteiger partial charge in [0.05, 0.1) is 0 Å². The third kappa shape index (κ3) is 14.5. The van der Waals surface area contributed by atoms with Gasteiger partial charge in [-0.15, -0.1) is 0 Å². The molecule has 0 atom stereocenters. The third-order valence-corrected chi connectivity index (χ3v) is 6.92. The summed E-state index contributed by atoms with van der Waals surface area (Å²) in [5.74, 6) is -0.228. The molecule has 0 aliphatic rings. The van der Waals surface area contributed by atoms with E-state index in [0.29, 0.717) is 10.9 Å². The zero-order valence-corrected chi connectivity index (χ0v) is 16.3. The van der Waals surface area contributed by atoms with Crippen LogP contribution in [-0.4, -0.2) is 26.1 Å². The number of hydrogen-bond donors (Lipinski definition) is 0. The van der Waals surface area contributed by atoms with Crippen molar-refractivity contribution in [2.75, 3.05) is 0 Å². The van der Waals surface area contributed by atoms with Crippen molar-refractivity contribution in [1.29, 1.82) is 0 Å². The first kappa shape index (κ1) is 20.1. The van der Waals surface area contributed by atoms with Gasteiger partial charge in [0, 0.05) is 0 Å². The quantitative estimate of drug-likeness (QED) is 0.303. The van der Waals surface area contributed by atoms with E-state index >= 15 is 0 Å². The first-order valence-corrected chi connectivity index (χ1v) is 12.8. The molecule has 0 bridgehead atoms. The van der Waals surface area contributed by atoms with E-state index in [2.05, 4.69) is 13.8 Å². The van der Waals surface area contributed by atoms with Crippen LogP contribution in [0.3, 0.4) is 0 Å². The van der Waals surface area contributed by atoms with E-state index in [0.717, 1.165) is 25.7 Å². The average molecular weight is 391 g/mol. The van der Waals surface area contributed by atoms with E-state index in [1.807, 2.05) is 0 Å². The minimum absolute atomic E-state index is 0.228. The SMILES string of the molecule is CCCCCCCCCCCC(=O)[O][Sn](=[O])[CH2]CCC. The fourth-order valence-corrected chi connectivity index (χ4v) is 5.27. The van der Waals surface area contributed by atoms with Crippen molar-refractivity contribution >= 4 is 26.1 Å². The van der Waals surface area contributed by atoms with Crippen molar-refractivity contribution in [3.63, 3.8) is 0 Å². The molecule has 3 nitrogen and oxygen atoms in total. The van der Waals surface area contributed by atoms with Crippen LogP contribution >= 0.6 is 0 Å². The topological polar surface area (TPSA) is 43.4 Å². The summed E-state index contributed by atoms with van der Waals surface area (Å²) in [5, 5.41) is 0. The predicted octanol–water partition coefficient (Wildman–Crippen LogP) is 5.17. The molecule has 0 N–H and O–H groups in total. The molecule has 0 spiro atoms. The zero-order valence-electron chi connectivity index (χ0n) is 13.4. The van der Waals surface area contributed by atoms with E-state index < -0.39 is 20.2 Å². The summed E-state index contributed by atoms with van der Waals surface area (Å²) in [6, 6.07) is 0. The molecule has 0 aromatic carbocycles. The molecule has 0 saturated carbocycles. The summed E-state index contributed by atoms with van der Waals surface area (Å²) in [5.41, 5.74) is 0. The second-order valence-corrected chi connectivity index (χ2v) is 9.66. The number of unbranched alkanes of at least 4 members (excludes halogenated alkanes) is 9.